The number of anilines is 1. The Bertz CT molecular complexity index is 1030. The zero-order valence-corrected chi connectivity index (χ0v) is 22.3. The Labute approximate surface area is 211 Å². The van der Waals surface area contributed by atoms with E-state index in [9.17, 15) is 9.59 Å². The number of benzene rings is 1. The first-order chi connectivity index (χ1) is 16.9. The van der Waals surface area contributed by atoms with Crippen molar-refractivity contribution in [1.82, 2.24) is 14.5 Å². The minimum atomic E-state index is -0.156. The molecule has 5 rings (SSSR count). The summed E-state index contributed by atoms with van der Waals surface area (Å²) in [6, 6.07) is 4.51. The molecule has 3 aliphatic rings. The smallest absolute Gasteiger partial charge is 0.290 e. The van der Waals surface area contributed by atoms with Crippen LogP contribution in [0.4, 0.5) is 5.69 Å². The third-order valence-corrected chi connectivity index (χ3v) is 7.76. The highest BCUT2D eigenvalue weighted by molar-refractivity contribution is 5.99. The fraction of sp³-hybridized carbons (Fsp3) is 0.690. The lowest BCUT2D eigenvalue weighted by atomic mass is 9.91. The molecule has 192 valence electrons. The van der Waals surface area contributed by atoms with Crippen molar-refractivity contribution in [3.63, 3.8) is 0 Å². The van der Waals surface area contributed by atoms with Crippen LogP contribution in [0.25, 0.3) is 11.0 Å². The average Bonchev–Trinajstić information content (AvgIpc) is 3.44. The van der Waals surface area contributed by atoms with Gasteiger partial charge in [0.05, 0.1) is 17.7 Å². The number of fused-ring (bicyclic) bond motifs is 1. The topological polar surface area (TPSA) is 58.4 Å². The van der Waals surface area contributed by atoms with Crippen molar-refractivity contribution in [3.05, 3.63) is 23.5 Å². The fourth-order valence-corrected chi connectivity index (χ4v) is 5.57. The minimum Gasteiger partial charge on any atom is -0.370 e. The molecular formula is C29H44N4O2. The second kappa shape index (κ2) is 11.6. The number of aryl methyl sites for hydroxylation is 1. The van der Waals surface area contributed by atoms with Gasteiger partial charge in [0, 0.05) is 26.7 Å². The van der Waals surface area contributed by atoms with Crippen LogP contribution < -0.4 is 4.90 Å². The first kappa shape index (κ1) is 25.7. The molecule has 0 unspecified atom stereocenters. The molecule has 2 aliphatic carbocycles. The summed E-state index contributed by atoms with van der Waals surface area (Å²) < 4.78 is 1.92. The first-order valence-corrected chi connectivity index (χ1v) is 13.9. The molecule has 2 saturated carbocycles. The van der Waals surface area contributed by atoms with Gasteiger partial charge in [-0.05, 0) is 68.6 Å². The minimum absolute atomic E-state index is 0.00524. The molecule has 0 atom stereocenters. The van der Waals surface area contributed by atoms with E-state index in [-0.39, 0.29) is 18.2 Å². The van der Waals surface area contributed by atoms with Crippen molar-refractivity contribution in [2.75, 3.05) is 31.1 Å². The molecule has 3 fully saturated rings. The molecule has 6 nitrogen and oxygen atoms in total. The van der Waals surface area contributed by atoms with Gasteiger partial charge in [0.2, 0.25) is 0 Å². The maximum absolute atomic E-state index is 13.2. The van der Waals surface area contributed by atoms with Crippen LogP contribution in [0.3, 0.4) is 0 Å². The van der Waals surface area contributed by atoms with Gasteiger partial charge in [0.1, 0.15) is 11.3 Å². The number of imidazole rings is 1. The van der Waals surface area contributed by atoms with Crippen LogP contribution in [-0.2, 0) is 11.8 Å². The molecule has 1 aromatic carbocycles. The van der Waals surface area contributed by atoms with Crippen LogP contribution in [0.1, 0.15) is 107 Å². The van der Waals surface area contributed by atoms with Crippen molar-refractivity contribution in [1.29, 1.82) is 0 Å². The molecule has 1 amide bonds. The summed E-state index contributed by atoms with van der Waals surface area (Å²) in [5, 5.41) is 0. The van der Waals surface area contributed by atoms with E-state index in [4.69, 9.17) is 4.98 Å². The fourth-order valence-electron chi connectivity index (χ4n) is 5.57. The van der Waals surface area contributed by atoms with Gasteiger partial charge in [-0.3, -0.25) is 9.59 Å². The van der Waals surface area contributed by atoms with Gasteiger partial charge in [-0.15, -0.1) is 0 Å². The summed E-state index contributed by atoms with van der Waals surface area (Å²) >= 11 is 0. The van der Waals surface area contributed by atoms with Crippen LogP contribution >= 0.6 is 0 Å². The summed E-state index contributed by atoms with van der Waals surface area (Å²) in [7, 11) is 1.92. The molecule has 0 spiro atoms. The number of carbonyl (C=O) groups is 2. The maximum Gasteiger partial charge on any atom is 0.290 e. The van der Waals surface area contributed by atoms with E-state index in [0.29, 0.717) is 18.3 Å². The molecule has 0 bridgehead atoms. The number of Topliss-reactive ketones (excluding diaryl/α,β-unsaturated/α-hetero) is 1. The summed E-state index contributed by atoms with van der Waals surface area (Å²) in [5.41, 5.74) is 4.47. The summed E-state index contributed by atoms with van der Waals surface area (Å²) in [4.78, 5) is 33.7. The second-order valence-electron chi connectivity index (χ2n) is 11.0. The number of nitrogens with zero attached hydrogens (tertiary/aromatic N) is 4. The van der Waals surface area contributed by atoms with E-state index >= 15 is 0 Å². The summed E-state index contributed by atoms with van der Waals surface area (Å²) in [6.07, 6.45) is 13.2. The zero-order valence-electron chi connectivity index (χ0n) is 22.3. The molecule has 0 radical (unpaired) electrons. The third-order valence-electron chi connectivity index (χ3n) is 7.76. The molecular weight excluding hydrogens is 436 g/mol. The Morgan fingerprint density at radius 1 is 1.03 bits per heavy atom. The summed E-state index contributed by atoms with van der Waals surface area (Å²) in [5.74, 6) is 1.95. The molecule has 1 aliphatic heterocycles. The van der Waals surface area contributed by atoms with Crippen molar-refractivity contribution in [2.45, 2.75) is 90.9 Å². The number of amides is 1. The van der Waals surface area contributed by atoms with Crippen LogP contribution in [0.5, 0.6) is 0 Å². The van der Waals surface area contributed by atoms with Crippen LogP contribution in [-0.4, -0.2) is 52.3 Å². The van der Waals surface area contributed by atoms with Crippen LogP contribution in [0, 0.1) is 5.92 Å². The second-order valence-corrected chi connectivity index (χ2v) is 11.0. The Kier molecular flexibility index (Phi) is 8.51. The molecule has 2 aromatic rings. The zero-order chi connectivity index (χ0) is 24.9. The number of carbonyl (C=O) groups excluding carboxylic acids is 2. The van der Waals surface area contributed by atoms with Gasteiger partial charge in [0.25, 0.3) is 5.91 Å². The number of aromatic nitrogens is 2. The van der Waals surface area contributed by atoms with Gasteiger partial charge in [-0.1, -0.05) is 46.0 Å². The van der Waals surface area contributed by atoms with Crippen molar-refractivity contribution < 1.29 is 9.59 Å². The lowest BCUT2D eigenvalue weighted by Gasteiger charge is -2.20. The van der Waals surface area contributed by atoms with Gasteiger partial charge < -0.3 is 14.4 Å². The highest BCUT2D eigenvalue weighted by Crippen LogP contribution is 2.43. The highest BCUT2D eigenvalue weighted by Gasteiger charge is 2.29. The monoisotopic (exact) mass is 480 g/mol. The number of rotatable bonds is 7. The van der Waals surface area contributed by atoms with Gasteiger partial charge in [-0.25, -0.2) is 4.98 Å². The number of hydrogen-bond donors (Lipinski definition) is 0. The summed E-state index contributed by atoms with van der Waals surface area (Å²) in [6.45, 7) is 8.71. The van der Waals surface area contributed by atoms with Gasteiger partial charge >= 0.3 is 0 Å². The maximum atomic E-state index is 13.2. The lowest BCUT2D eigenvalue weighted by Crippen LogP contribution is -2.37. The Hall–Kier alpha value is -2.37. The lowest BCUT2D eigenvalue weighted by molar-refractivity contribution is -0.117. The van der Waals surface area contributed by atoms with E-state index < -0.39 is 0 Å². The van der Waals surface area contributed by atoms with E-state index in [0.717, 1.165) is 36.5 Å². The van der Waals surface area contributed by atoms with Crippen LogP contribution in [0.2, 0.25) is 0 Å². The number of ketones is 1. The quantitative estimate of drug-likeness (QED) is 0.482. The normalized spacial score (nSPS) is 18.5. The molecule has 2 heterocycles. The van der Waals surface area contributed by atoms with E-state index in [1.54, 1.807) is 4.90 Å². The SMILES string of the molecule is CC1CCCCC1.CCCN(CC(C)=O)C(=O)c1nc2c(N3CCCC3)cc(C3CC3)cc2n1C. The molecule has 0 N–H and O–H groups in total. The first-order valence-electron chi connectivity index (χ1n) is 13.9. The van der Waals surface area contributed by atoms with Gasteiger partial charge in [-0.2, -0.15) is 0 Å². The van der Waals surface area contributed by atoms with Crippen LogP contribution in [0.15, 0.2) is 12.1 Å². The largest absolute Gasteiger partial charge is 0.370 e. The van der Waals surface area contributed by atoms with Crippen molar-refractivity contribution in [2.24, 2.45) is 13.0 Å². The van der Waals surface area contributed by atoms with E-state index in [1.807, 2.05) is 18.5 Å². The Morgan fingerprint density at radius 3 is 2.26 bits per heavy atom. The standard InChI is InChI=1S/C22H30N4O2.C7H14/c1-4-9-26(14-15(2)27)22(28)21-23-20-18(24(21)3)12-17(16-7-8-16)13-19(20)25-10-5-6-11-25;1-7-5-3-2-4-6-7/h12-13,16H,4-11,14H2,1-3H3;7H,2-6H2,1H3. The van der Waals surface area contributed by atoms with Crippen molar-refractivity contribution >= 4 is 28.4 Å². The van der Waals surface area contributed by atoms with E-state index in [1.165, 1.54) is 76.0 Å². The van der Waals surface area contributed by atoms with E-state index in [2.05, 4.69) is 24.0 Å². The van der Waals surface area contributed by atoms with Gasteiger partial charge in [0.15, 0.2) is 5.82 Å². The predicted molar refractivity (Wildman–Crippen MR) is 143 cm³/mol. The molecule has 35 heavy (non-hydrogen) atoms. The highest BCUT2D eigenvalue weighted by atomic mass is 16.2. The Morgan fingerprint density at radius 2 is 1.71 bits per heavy atom. The Balaban J connectivity index is 0.000000356. The number of hydrogen-bond acceptors (Lipinski definition) is 4. The molecule has 1 aromatic heterocycles. The van der Waals surface area contributed by atoms with Crippen molar-refractivity contribution in [3.8, 4) is 0 Å². The third kappa shape index (κ3) is 6.25. The molecule has 6 heteroatoms. The molecule has 1 saturated heterocycles. The average molecular weight is 481 g/mol. The predicted octanol–water partition coefficient (Wildman–Crippen LogP) is 6.08.